The molecule has 0 aromatic carbocycles. The lowest BCUT2D eigenvalue weighted by molar-refractivity contribution is -0.0117. The Labute approximate surface area is 109 Å². The van der Waals surface area contributed by atoms with Gasteiger partial charge in [-0.15, -0.1) is 0 Å². The van der Waals surface area contributed by atoms with Crippen LogP contribution in [0, 0.1) is 0 Å². The summed E-state index contributed by atoms with van der Waals surface area (Å²) in [5.74, 6) is 1.14. The number of likely N-dealkylation sites (N-methyl/N-ethyl adjacent to an activating group) is 1. The van der Waals surface area contributed by atoms with Crippen LogP contribution < -0.4 is 11.1 Å². The van der Waals surface area contributed by atoms with Gasteiger partial charge in [0.2, 0.25) is 0 Å². The van der Waals surface area contributed by atoms with Gasteiger partial charge in [0.25, 0.3) is 0 Å². The SMILES string of the molecule is CN1CCOC(CNc2ncnc(N)c2Br)C1. The van der Waals surface area contributed by atoms with E-state index in [0.29, 0.717) is 22.7 Å². The molecule has 1 aliphatic heterocycles. The summed E-state index contributed by atoms with van der Waals surface area (Å²) in [5.41, 5.74) is 5.67. The van der Waals surface area contributed by atoms with Gasteiger partial charge in [-0.2, -0.15) is 0 Å². The van der Waals surface area contributed by atoms with Crippen molar-refractivity contribution in [2.45, 2.75) is 6.10 Å². The maximum absolute atomic E-state index is 5.67. The van der Waals surface area contributed by atoms with Gasteiger partial charge in [0.15, 0.2) is 0 Å². The summed E-state index contributed by atoms with van der Waals surface area (Å²) >= 11 is 3.35. The molecule has 3 N–H and O–H groups in total. The van der Waals surface area contributed by atoms with Crippen molar-refractivity contribution in [1.29, 1.82) is 0 Å². The smallest absolute Gasteiger partial charge is 0.146 e. The molecule has 0 radical (unpaired) electrons. The Hall–Kier alpha value is -0.920. The van der Waals surface area contributed by atoms with E-state index >= 15 is 0 Å². The highest BCUT2D eigenvalue weighted by molar-refractivity contribution is 9.10. The number of anilines is 2. The van der Waals surface area contributed by atoms with Crippen molar-refractivity contribution in [2.75, 3.05) is 44.3 Å². The van der Waals surface area contributed by atoms with Crippen LogP contribution in [0.25, 0.3) is 0 Å². The first kappa shape index (κ1) is 12.5. The number of hydrogen-bond donors (Lipinski definition) is 2. The van der Waals surface area contributed by atoms with Crippen LogP contribution in [0.4, 0.5) is 11.6 Å². The molecule has 1 fully saturated rings. The van der Waals surface area contributed by atoms with E-state index in [4.69, 9.17) is 10.5 Å². The zero-order valence-corrected chi connectivity index (χ0v) is 11.3. The third-order valence-corrected chi connectivity index (χ3v) is 3.44. The molecule has 2 heterocycles. The van der Waals surface area contributed by atoms with Gasteiger partial charge in [-0.3, -0.25) is 0 Å². The first-order chi connectivity index (χ1) is 8.16. The Balaban J connectivity index is 1.91. The Kier molecular flexibility index (Phi) is 4.14. The van der Waals surface area contributed by atoms with Gasteiger partial charge in [0.05, 0.1) is 12.7 Å². The summed E-state index contributed by atoms with van der Waals surface area (Å²) in [4.78, 5) is 10.3. The summed E-state index contributed by atoms with van der Waals surface area (Å²) in [5, 5.41) is 3.21. The minimum Gasteiger partial charge on any atom is -0.383 e. The van der Waals surface area contributed by atoms with Crippen LogP contribution in [0.1, 0.15) is 0 Å². The van der Waals surface area contributed by atoms with Gasteiger partial charge in [0, 0.05) is 19.6 Å². The van der Waals surface area contributed by atoms with Gasteiger partial charge >= 0.3 is 0 Å². The molecular weight excluding hydrogens is 286 g/mol. The first-order valence-corrected chi connectivity index (χ1v) is 6.26. The predicted molar refractivity (Wildman–Crippen MR) is 69.9 cm³/mol. The Morgan fingerprint density at radius 1 is 1.65 bits per heavy atom. The number of morpholine rings is 1. The van der Waals surface area contributed by atoms with Gasteiger partial charge in [-0.1, -0.05) is 0 Å². The van der Waals surface area contributed by atoms with Crippen molar-refractivity contribution in [2.24, 2.45) is 0 Å². The van der Waals surface area contributed by atoms with Crippen molar-refractivity contribution in [3.8, 4) is 0 Å². The summed E-state index contributed by atoms with van der Waals surface area (Å²) < 4.78 is 6.34. The van der Waals surface area contributed by atoms with Crippen LogP contribution in [0.3, 0.4) is 0 Å². The van der Waals surface area contributed by atoms with Crippen molar-refractivity contribution >= 4 is 27.6 Å². The van der Waals surface area contributed by atoms with Crippen LogP contribution in [-0.2, 0) is 4.74 Å². The van der Waals surface area contributed by atoms with Crippen LogP contribution in [0.15, 0.2) is 10.8 Å². The molecule has 6 nitrogen and oxygen atoms in total. The van der Waals surface area contributed by atoms with Crippen LogP contribution >= 0.6 is 15.9 Å². The fourth-order valence-electron chi connectivity index (χ4n) is 1.71. The second-order valence-electron chi connectivity index (χ2n) is 4.06. The van der Waals surface area contributed by atoms with Gasteiger partial charge < -0.3 is 20.7 Å². The predicted octanol–water partition coefficient (Wildman–Crippen LogP) is 0.564. The maximum atomic E-state index is 5.67. The number of rotatable bonds is 3. The molecule has 0 amide bonds. The van der Waals surface area contributed by atoms with Crippen molar-refractivity contribution < 1.29 is 4.74 Å². The largest absolute Gasteiger partial charge is 0.383 e. The fraction of sp³-hybridized carbons (Fsp3) is 0.600. The number of nitrogens with one attached hydrogen (secondary N) is 1. The van der Waals surface area contributed by atoms with E-state index < -0.39 is 0 Å². The minimum atomic E-state index is 0.178. The molecule has 94 valence electrons. The standard InChI is InChI=1S/C10H16BrN5O/c1-16-2-3-17-7(5-16)4-13-10-8(11)9(12)14-6-15-10/h6-7H,2-5H2,1H3,(H3,12,13,14,15). The molecule has 1 aliphatic rings. The highest BCUT2D eigenvalue weighted by Crippen LogP contribution is 2.23. The molecule has 2 rings (SSSR count). The molecule has 0 saturated carbocycles. The van der Waals surface area contributed by atoms with E-state index in [-0.39, 0.29) is 6.10 Å². The fourth-order valence-corrected chi connectivity index (χ4v) is 2.05. The number of halogens is 1. The quantitative estimate of drug-likeness (QED) is 0.850. The van der Waals surface area contributed by atoms with Crippen molar-refractivity contribution in [3.05, 3.63) is 10.8 Å². The van der Waals surface area contributed by atoms with Crippen LogP contribution in [0.2, 0.25) is 0 Å². The topological polar surface area (TPSA) is 76.3 Å². The highest BCUT2D eigenvalue weighted by Gasteiger charge is 2.18. The molecule has 1 saturated heterocycles. The average Bonchev–Trinajstić information content (AvgIpc) is 2.31. The van der Waals surface area contributed by atoms with E-state index in [1.165, 1.54) is 6.33 Å². The van der Waals surface area contributed by atoms with E-state index in [1.54, 1.807) is 0 Å². The summed E-state index contributed by atoms with van der Waals surface area (Å²) in [6.45, 7) is 3.39. The molecule has 7 heteroatoms. The Morgan fingerprint density at radius 2 is 2.47 bits per heavy atom. The summed E-state index contributed by atoms with van der Waals surface area (Å²) in [6.07, 6.45) is 1.62. The molecule has 0 aliphatic carbocycles. The lowest BCUT2D eigenvalue weighted by Crippen LogP contribution is -2.43. The molecule has 0 spiro atoms. The Morgan fingerprint density at radius 3 is 3.24 bits per heavy atom. The molecular formula is C10H16BrN5O. The second kappa shape index (κ2) is 5.61. The normalized spacial score (nSPS) is 21.4. The molecule has 17 heavy (non-hydrogen) atoms. The van der Waals surface area contributed by atoms with E-state index in [2.05, 4.69) is 43.2 Å². The number of nitrogens with zero attached hydrogens (tertiary/aromatic N) is 3. The van der Waals surface area contributed by atoms with Crippen molar-refractivity contribution in [3.63, 3.8) is 0 Å². The number of hydrogen-bond acceptors (Lipinski definition) is 6. The van der Waals surface area contributed by atoms with E-state index in [9.17, 15) is 0 Å². The zero-order chi connectivity index (χ0) is 12.3. The zero-order valence-electron chi connectivity index (χ0n) is 9.69. The van der Waals surface area contributed by atoms with Gasteiger partial charge in [-0.25, -0.2) is 9.97 Å². The number of nitrogen functional groups attached to an aromatic ring is 1. The van der Waals surface area contributed by atoms with Gasteiger partial charge in [0.1, 0.15) is 22.4 Å². The number of aromatic nitrogens is 2. The highest BCUT2D eigenvalue weighted by atomic mass is 79.9. The van der Waals surface area contributed by atoms with Gasteiger partial charge in [-0.05, 0) is 23.0 Å². The number of nitrogens with two attached hydrogens (primary N) is 1. The average molecular weight is 302 g/mol. The monoisotopic (exact) mass is 301 g/mol. The minimum absolute atomic E-state index is 0.178. The summed E-state index contributed by atoms with van der Waals surface area (Å²) in [6, 6.07) is 0. The molecule has 1 unspecified atom stereocenters. The third kappa shape index (κ3) is 3.27. The summed E-state index contributed by atoms with van der Waals surface area (Å²) in [7, 11) is 2.09. The molecule has 0 bridgehead atoms. The van der Waals surface area contributed by atoms with E-state index in [0.717, 1.165) is 19.7 Å². The number of ether oxygens (including phenoxy) is 1. The molecule has 1 atom stereocenters. The van der Waals surface area contributed by atoms with Crippen LogP contribution in [0.5, 0.6) is 0 Å². The second-order valence-corrected chi connectivity index (χ2v) is 4.85. The van der Waals surface area contributed by atoms with Crippen LogP contribution in [-0.4, -0.2) is 54.3 Å². The maximum Gasteiger partial charge on any atom is 0.146 e. The molecule has 1 aromatic heterocycles. The first-order valence-electron chi connectivity index (χ1n) is 5.47. The Bertz CT molecular complexity index is 389. The van der Waals surface area contributed by atoms with E-state index in [1.807, 2.05) is 0 Å². The molecule has 1 aromatic rings. The lowest BCUT2D eigenvalue weighted by Gasteiger charge is -2.30. The lowest BCUT2D eigenvalue weighted by atomic mass is 10.3. The third-order valence-electron chi connectivity index (χ3n) is 2.66. The van der Waals surface area contributed by atoms with Crippen molar-refractivity contribution in [1.82, 2.24) is 14.9 Å².